The highest BCUT2D eigenvalue weighted by Crippen LogP contribution is 2.24. The maximum Gasteiger partial charge on any atom is 0.242 e. The lowest BCUT2D eigenvalue weighted by Crippen LogP contribution is -2.62. The van der Waals surface area contributed by atoms with Gasteiger partial charge in [-0.1, -0.05) is 0 Å². The van der Waals surface area contributed by atoms with Crippen molar-refractivity contribution in [1.29, 1.82) is 0 Å². The van der Waals surface area contributed by atoms with Gasteiger partial charge in [0.2, 0.25) is 5.91 Å². The Morgan fingerprint density at radius 1 is 1.17 bits per heavy atom. The van der Waals surface area contributed by atoms with Gasteiger partial charge in [0.1, 0.15) is 0 Å². The quantitative estimate of drug-likeness (QED) is 0.799. The molecule has 0 aromatic carbocycles. The molecule has 2 aliphatic rings. The lowest BCUT2D eigenvalue weighted by molar-refractivity contribution is -0.146. The predicted octanol–water partition coefficient (Wildman–Crippen LogP) is 1.07. The normalized spacial score (nSPS) is 27.3. The van der Waals surface area contributed by atoms with Crippen LogP contribution in [-0.4, -0.2) is 60.0 Å². The third-order valence-corrected chi connectivity index (χ3v) is 4.49. The summed E-state index contributed by atoms with van der Waals surface area (Å²) in [5.74, 6) is 0.316. The van der Waals surface area contributed by atoms with Crippen molar-refractivity contribution in [3.8, 4) is 0 Å². The standard InChI is InChI=1S/C14H27N3O/c1-12-6-4-5-9-17(12)13(18)14(2,3)16-10-7-15-8-11-16/h12,15H,4-11H2,1-3H3. The molecule has 104 valence electrons. The molecule has 0 aromatic rings. The van der Waals surface area contributed by atoms with E-state index in [1.165, 1.54) is 6.42 Å². The van der Waals surface area contributed by atoms with E-state index in [0.29, 0.717) is 11.9 Å². The van der Waals surface area contributed by atoms with E-state index in [4.69, 9.17) is 0 Å². The molecule has 0 radical (unpaired) electrons. The highest BCUT2D eigenvalue weighted by atomic mass is 16.2. The molecule has 2 heterocycles. The lowest BCUT2D eigenvalue weighted by Gasteiger charge is -2.45. The van der Waals surface area contributed by atoms with Gasteiger partial charge in [0.15, 0.2) is 0 Å². The molecule has 0 bridgehead atoms. The number of nitrogens with one attached hydrogen (secondary N) is 1. The van der Waals surface area contributed by atoms with Crippen molar-refractivity contribution in [2.24, 2.45) is 0 Å². The summed E-state index contributed by atoms with van der Waals surface area (Å²) in [6, 6.07) is 0.411. The van der Waals surface area contributed by atoms with E-state index >= 15 is 0 Å². The summed E-state index contributed by atoms with van der Waals surface area (Å²) in [4.78, 5) is 17.2. The van der Waals surface area contributed by atoms with Crippen LogP contribution in [0.1, 0.15) is 40.0 Å². The number of nitrogens with zero attached hydrogens (tertiary/aromatic N) is 2. The van der Waals surface area contributed by atoms with Crippen LogP contribution >= 0.6 is 0 Å². The molecule has 1 atom stereocenters. The molecule has 0 aliphatic carbocycles. The molecule has 0 saturated carbocycles. The topological polar surface area (TPSA) is 35.6 Å². The number of hydrogen-bond donors (Lipinski definition) is 1. The summed E-state index contributed by atoms with van der Waals surface area (Å²) in [5, 5.41) is 3.35. The number of amides is 1. The Bertz CT molecular complexity index is 297. The van der Waals surface area contributed by atoms with Crippen LogP contribution in [0, 0.1) is 0 Å². The van der Waals surface area contributed by atoms with Crippen molar-refractivity contribution in [3.05, 3.63) is 0 Å². The molecule has 1 unspecified atom stereocenters. The number of carbonyl (C=O) groups excluding carboxylic acids is 1. The average Bonchev–Trinajstić information content (AvgIpc) is 2.39. The molecule has 1 amide bonds. The Hall–Kier alpha value is -0.610. The van der Waals surface area contributed by atoms with Crippen molar-refractivity contribution in [3.63, 3.8) is 0 Å². The molecule has 1 N–H and O–H groups in total. The largest absolute Gasteiger partial charge is 0.338 e. The minimum atomic E-state index is -0.353. The van der Waals surface area contributed by atoms with Gasteiger partial charge < -0.3 is 10.2 Å². The van der Waals surface area contributed by atoms with Crippen molar-refractivity contribution in [1.82, 2.24) is 15.1 Å². The van der Waals surface area contributed by atoms with Crippen LogP contribution in [0.25, 0.3) is 0 Å². The molecule has 4 heteroatoms. The van der Waals surface area contributed by atoms with Crippen molar-refractivity contribution in [2.45, 2.75) is 51.6 Å². The molecule has 4 nitrogen and oxygen atoms in total. The maximum absolute atomic E-state index is 12.8. The van der Waals surface area contributed by atoms with Gasteiger partial charge in [0.05, 0.1) is 5.54 Å². The first kappa shape index (κ1) is 13.8. The summed E-state index contributed by atoms with van der Waals surface area (Å²) < 4.78 is 0. The van der Waals surface area contributed by atoms with Gasteiger partial charge in [-0.25, -0.2) is 0 Å². The van der Waals surface area contributed by atoms with Gasteiger partial charge in [-0.2, -0.15) is 0 Å². The van der Waals surface area contributed by atoms with Crippen LogP contribution in [0.4, 0.5) is 0 Å². The Labute approximate surface area is 111 Å². The van der Waals surface area contributed by atoms with Crippen LogP contribution in [0.3, 0.4) is 0 Å². The third kappa shape index (κ3) is 2.69. The molecular weight excluding hydrogens is 226 g/mol. The van der Waals surface area contributed by atoms with E-state index < -0.39 is 0 Å². The summed E-state index contributed by atoms with van der Waals surface area (Å²) in [6.07, 6.45) is 3.58. The number of hydrogen-bond acceptors (Lipinski definition) is 3. The fourth-order valence-corrected chi connectivity index (χ4v) is 3.11. The highest BCUT2D eigenvalue weighted by Gasteiger charge is 2.39. The molecule has 18 heavy (non-hydrogen) atoms. The minimum absolute atomic E-state index is 0.316. The Balaban J connectivity index is 2.05. The fourth-order valence-electron chi connectivity index (χ4n) is 3.11. The van der Waals surface area contributed by atoms with Crippen LogP contribution in [-0.2, 0) is 4.79 Å². The smallest absolute Gasteiger partial charge is 0.242 e. The molecule has 2 aliphatic heterocycles. The number of likely N-dealkylation sites (tertiary alicyclic amines) is 1. The SMILES string of the molecule is CC1CCCCN1C(=O)C(C)(C)N1CCNCC1. The minimum Gasteiger partial charge on any atom is -0.338 e. The van der Waals surface area contributed by atoms with Gasteiger partial charge in [-0.3, -0.25) is 9.69 Å². The zero-order chi connectivity index (χ0) is 13.2. The summed E-state index contributed by atoms with van der Waals surface area (Å²) >= 11 is 0. The second-order valence-electron chi connectivity index (χ2n) is 6.14. The number of piperidine rings is 1. The monoisotopic (exact) mass is 253 g/mol. The zero-order valence-corrected chi connectivity index (χ0v) is 12.0. The van der Waals surface area contributed by atoms with E-state index in [1.54, 1.807) is 0 Å². The number of carbonyl (C=O) groups is 1. The molecule has 2 saturated heterocycles. The summed E-state index contributed by atoms with van der Waals surface area (Å²) in [5.41, 5.74) is -0.353. The van der Waals surface area contributed by atoms with Gasteiger partial charge in [0.25, 0.3) is 0 Å². The number of rotatable bonds is 2. The molecule has 0 aromatic heterocycles. The molecule has 2 rings (SSSR count). The van der Waals surface area contributed by atoms with E-state index in [1.807, 2.05) is 0 Å². The summed E-state index contributed by atoms with van der Waals surface area (Å²) in [6.45, 7) is 11.2. The van der Waals surface area contributed by atoms with E-state index in [9.17, 15) is 4.79 Å². The summed E-state index contributed by atoms with van der Waals surface area (Å²) in [7, 11) is 0. The van der Waals surface area contributed by atoms with E-state index in [0.717, 1.165) is 45.6 Å². The molecule has 0 spiro atoms. The Kier molecular flexibility index (Phi) is 4.28. The van der Waals surface area contributed by atoms with Crippen molar-refractivity contribution >= 4 is 5.91 Å². The highest BCUT2D eigenvalue weighted by molar-refractivity contribution is 5.85. The second kappa shape index (κ2) is 5.57. The first-order chi connectivity index (χ1) is 8.53. The molecule has 2 fully saturated rings. The van der Waals surface area contributed by atoms with Crippen LogP contribution in [0.5, 0.6) is 0 Å². The van der Waals surface area contributed by atoms with Crippen molar-refractivity contribution < 1.29 is 4.79 Å². The predicted molar refractivity (Wildman–Crippen MR) is 73.5 cm³/mol. The lowest BCUT2D eigenvalue weighted by atomic mass is 9.95. The van der Waals surface area contributed by atoms with E-state index in [-0.39, 0.29) is 5.54 Å². The second-order valence-corrected chi connectivity index (χ2v) is 6.14. The molecular formula is C14H27N3O. The van der Waals surface area contributed by atoms with Gasteiger partial charge in [0, 0.05) is 38.8 Å². The van der Waals surface area contributed by atoms with Crippen LogP contribution in [0.2, 0.25) is 0 Å². The Morgan fingerprint density at radius 2 is 1.83 bits per heavy atom. The fraction of sp³-hybridized carbons (Fsp3) is 0.929. The number of piperazine rings is 1. The first-order valence-electron chi connectivity index (χ1n) is 7.30. The zero-order valence-electron chi connectivity index (χ0n) is 12.0. The van der Waals surface area contributed by atoms with Crippen LogP contribution < -0.4 is 5.32 Å². The van der Waals surface area contributed by atoms with Gasteiger partial charge >= 0.3 is 0 Å². The van der Waals surface area contributed by atoms with E-state index in [2.05, 4.69) is 35.9 Å². The average molecular weight is 253 g/mol. The van der Waals surface area contributed by atoms with Crippen molar-refractivity contribution in [2.75, 3.05) is 32.7 Å². The third-order valence-electron chi connectivity index (χ3n) is 4.49. The maximum atomic E-state index is 12.8. The van der Waals surface area contributed by atoms with Gasteiger partial charge in [-0.15, -0.1) is 0 Å². The van der Waals surface area contributed by atoms with Gasteiger partial charge in [-0.05, 0) is 40.0 Å². The Morgan fingerprint density at radius 3 is 2.44 bits per heavy atom. The van der Waals surface area contributed by atoms with Crippen LogP contribution in [0.15, 0.2) is 0 Å². The first-order valence-corrected chi connectivity index (χ1v) is 7.30.